The maximum absolute atomic E-state index is 9.82. The Morgan fingerprint density at radius 1 is 1.00 bits per heavy atom. The lowest BCUT2D eigenvalue weighted by molar-refractivity contribution is -0.0191. The van der Waals surface area contributed by atoms with Gasteiger partial charge in [-0.25, -0.2) is 0 Å². The third-order valence-corrected chi connectivity index (χ3v) is 7.84. The second kappa shape index (κ2) is 10.8. The lowest BCUT2D eigenvalue weighted by Gasteiger charge is -2.45. The van der Waals surface area contributed by atoms with Gasteiger partial charge in [0.05, 0.1) is 7.11 Å². The highest BCUT2D eigenvalue weighted by atomic mass is 16.6. The minimum Gasteiger partial charge on any atom is -0.497 e. The molecule has 3 aromatic rings. The first kappa shape index (κ1) is 25.6. The van der Waals surface area contributed by atoms with Crippen molar-refractivity contribution in [1.29, 1.82) is 0 Å². The number of benzene rings is 3. The summed E-state index contributed by atoms with van der Waals surface area (Å²) in [6.07, 6.45) is 2.70. The lowest BCUT2D eigenvalue weighted by Crippen LogP contribution is -2.43. The molecule has 0 amide bonds. The zero-order valence-corrected chi connectivity index (χ0v) is 22.4. The molecular weight excluding hydrogens is 462 g/mol. The fraction of sp³-hybridized carbons (Fsp3) is 0.438. The highest BCUT2D eigenvalue weighted by Crippen LogP contribution is 2.53. The largest absolute Gasteiger partial charge is 0.497 e. The van der Waals surface area contributed by atoms with Gasteiger partial charge in [-0.05, 0) is 62.6 Å². The zero-order valence-electron chi connectivity index (χ0n) is 22.4. The van der Waals surface area contributed by atoms with Gasteiger partial charge in [0.1, 0.15) is 22.8 Å². The van der Waals surface area contributed by atoms with Gasteiger partial charge in [0.15, 0.2) is 6.29 Å². The summed E-state index contributed by atoms with van der Waals surface area (Å²) in [5, 5.41) is 9.82. The molecule has 0 aromatic heterocycles. The molecule has 2 saturated heterocycles. The number of fused-ring (bicyclic) bond motifs is 2. The van der Waals surface area contributed by atoms with Crippen LogP contribution in [0.2, 0.25) is 0 Å². The standard InChI is InChI=1S/C27H30O4.C5H9N/c1-5-24(28)30-20-13-11-18(12-14-20)25-22-16-15-21(29-4)17-23(22)31-27(2,3)26(25)19-9-7-6-8-10-19;1-2-5-4-6(5)3-1/h6-17,24-26,28H,5H2,1-4H3;5H,1-4H2/t24?,25-,26+;/m1./s1. The first-order valence-electron chi connectivity index (χ1n) is 13.5. The van der Waals surface area contributed by atoms with Crippen molar-refractivity contribution in [2.24, 2.45) is 0 Å². The third-order valence-electron chi connectivity index (χ3n) is 7.84. The quantitative estimate of drug-likeness (QED) is 0.315. The normalized spacial score (nSPS) is 25.4. The summed E-state index contributed by atoms with van der Waals surface area (Å²) in [7, 11) is 1.67. The van der Waals surface area contributed by atoms with E-state index in [0.29, 0.717) is 12.2 Å². The molecule has 6 rings (SSSR count). The van der Waals surface area contributed by atoms with Crippen molar-refractivity contribution in [3.05, 3.63) is 89.5 Å². The molecule has 3 aliphatic rings. The van der Waals surface area contributed by atoms with Gasteiger partial charge in [-0.2, -0.15) is 0 Å². The van der Waals surface area contributed by atoms with E-state index in [-0.39, 0.29) is 11.8 Å². The molecule has 5 atom stereocenters. The summed E-state index contributed by atoms with van der Waals surface area (Å²) in [6, 6.07) is 25.7. The van der Waals surface area contributed by atoms with Crippen molar-refractivity contribution < 1.29 is 19.3 Å². The summed E-state index contributed by atoms with van der Waals surface area (Å²) < 4.78 is 17.5. The number of aliphatic hydroxyl groups excluding tert-OH is 1. The van der Waals surface area contributed by atoms with Gasteiger partial charge >= 0.3 is 0 Å². The Labute approximate surface area is 221 Å². The zero-order chi connectivity index (χ0) is 26.0. The second-order valence-corrected chi connectivity index (χ2v) is 10.8. The number of hydrogen-bond donors (Lipinski definition) is 1. The predicted molar refractivity (Wildman–Crippen MR) is 147 cm³/mol. The van der Waals surface area contributed by atoms with E-state index in [4.69, 9.17) is 14.2 Å². The smallest absolute Gasteiger partial charge is 0.197 e. The number of hydrogen-bond acceptors (Lipinski definition) is 5. The van der Waals surface area contributed by atoms with Crippen LogP contribution in [-0.4, -0.2) is 48.1 Å². The van der Waals surface area contributed by atoms with E-state index in [9.17, 15) is 5.11 Å². The molecule has 0 saturated carbocycles. The molecule has 3 aromatic carbocycles. The van der Waals surface area contributed by atoms with Gasteiger partial charge in [-0.15, -0.1) is 0 Å². The van der Waals surface area contributed by atoms with E-state index in [1.807, 2.05) is 37.3 Å². The van der Waals surface area contributed by atoms with Crippen molar-refractivity contribution in [2.75, 3.05) is 20.2 Å². The van der Waals surface area contributed by atoms with Gasteiger partial charge < -0.3 is 19.3 Å². The van der Waals surface area contributed by atoms with Gasteiger partial charge in [0.25, 0.3) is 0 Å². The van der Waals surface area contributed by atoms with Crippen LogP contribution in [0.3, 0.4) is 0 Å². The number of nitrogens with zero attached hydrogens (tertiary/aromatic N) is 1. The van der Waals surface area contributed by atoms with Gasteiger partial charge in [0.2, 0.25) is 0 Å². The third kappa shape index (κ3) is 5.63. The summed E-state index contributed by atoms with van der Waals surface area (Å²) in [4.78, 5) is 2.53. The van der Waals surface area contributed by atoms with Gasteiger partial charge in [-0.1, -0.05) is 55.5 Å². The van der Waals surface area contributed by atoms with E-state index in [1.54, 1.807) is 7.11 Å². The summed E-state index contributed by atoms with van der Waals surface area (Å²) in [5.74, 6) is 2.50. The molecule has 3 aliphatic heterocycles. The molecule has 0 bridgehead atoms. The average molecular weight is 502 g/mol. The molecule has 5 nitrogen and oxygen atoms in total. The van der Waals surface area contributed by atoms with E-state index in [0.717, 1.165) is 23.1 Å². The van der Waals surface area contributed by atoms with Crippen LogP contribution in [0, 0.1) is 0 Å². The first-order chi connectivity index (χ1) is 17.9. The van der Waals surface area contributed by atoms with Gasteiger partial charge in [0, 0.05) is 42.5 Å². The van der Waals surface area contributed by atoms with Crippen LogP contribution in [0.1, 0.15) is 68.6 Å². The summed E-state index contributed by atoms with van der Waals surface area (Å²) in [6.45, 7) is 8.99. The molecule has 5 heteroatoms. The minimum absolute atomic E-state index is 0.0946. The molecule has 0 radical (unpaired) electrons. The Balaban J connectivity index is 0.000000403. The molecule has 1 N–H and O–H groups in total. The Hall–Kier alpha value is -3.02. The molecule has 3 unspecified atom stereocenters. The fourth-order valence-electron chi connectivity index (χ4n) is 5.84. The lowest BCUT2D eigenvalue weighted by atomic mass is 9.68. The van der Waals surface area contributed by atoms with Crippen molar-refractivity contribution in [1.82, 2.24) is 4.90 Å². The molecular formula is C32H39NO4. The predicted octanol–water partition coefficient (Wildman–Crippen LogP) is 6.35. The van der Waals surface area contributed by atoms with Crippen LogP contribution in [0.5, 0.6) is 17.2 Å². The molecule has 2 fully saturated rings. The van der Waals surface area contributed by atoms with E-state index >= 15 is 0 Å². The molecule has 0 spiro atoms. The number of ether oxygens (including phenoxy) is 3. The molecule has 196 valence electrons. The van der Waals surface area contributed by atoms with Crippen LogP contribution in [-0.2, 0) is 0 Å². The molecule has 0 aliphatic carbocycles. The molecule has 3 heterocycles. The number of aliphatic hydroxyl groups is 1. The first-order valence-corrected chi connectivity index (χ1v) is 13.5. The number of piperidine rings is 1. The average Bonchev–Trinajstić information content (AvgIpc) is 3.52. The maximum atomic E-state index is 9.82. The fourth-order valence-corrected chi connectivity index (χ4v) is 5.84. The summed E-state index contributed by atoms with van der Waals surface area (Å²) >= 11 is 0. The van der Waals surface area contributed by atoms with Crippen molar-refractivity contribution >= 4 is 0 Å². The number of methoxy groups -OCH3 is 1. The molecule has 37 heavy (non-hydrogen) atoms. The highest BCUT2D eigenvalue weighted by molar-refractivity contribution is 5.52. The minimum atomic E-state index is -0.793. The van der Waals surface area contributed by atoms with Crippen LogP contribution >= 0.6 is 0 Å². The monoisotopic (exact) mass is 501 g/mol. The Kier molecular flexibility index (Phi) is 7.45. The second-order valence-electron chi connectivity index (χ2n) is 10.8. The van der Waals surface area contributed by atoms with E-state index < -0.39 is 11.9 Å². The maximum Gasteiger partial charge on any atom is 0.197 e. The highest BCUT2D eigenvalue weighted by Gasteiger charge is 2.45. The van der Waals surface area contributed by atoms with E-state index in [1.165, 1.54) is 37.1 Å². The topological polar surface area (TPSA) is 50.9 Å². The Morgan fingerprint density at radius 2 is 1.73 bits per heavy atom. The van der Waals surface area contributed by atoms with Crippen LogP contribution in [0.25, 0.3) is 0 Å². The Bertz CT molecular complexity index is 1170. The number of rotatable bonds is 6. The SMILES string of the molecule is C1CC2CN2C1.CCC(O)Oc1ccc([C@@H]2c3ccc(OC)cc3OC(C)(C)[C@H]2c2ccccc2)cc1. The van der Waals surface area contributed by atoms with Crippen LogP contribution in [0.15, 0.2) is 72.8 Å². The Morgan fingerprint density at radius 3 is 2.30 bits per heavy atom. The van der Waals surface area contributed by atoms with Crippen molar-refractivity contribution in [3.8, 4) is 17.2 Å². The van der Waals surface area contributed by atoms with Crippen LogP contribution < -0.4 is 14.2 Å². The summed E-state index contributed by atoms with van der Waals surface area (Å²) in [5.41, 5.74) is 3.12. The van der Waals surface area contributed by atoms with Crippen LogP contribution in [0.4, 0.5) is 0 Å². The van der Waals surface area contributed by atoms with Crippen molar-refractivity contribution in [2.45, 2.75) is 69.8 Å². The van der Waals surface area contributed by atoms with Crippen molar-refractivity contribution in [3.63, 3.8) is 0 Å². The van der Waals surface area contributed by atoms with Gasteiger partial charge in [-0.3, -0.25) is 4.90 Å². The van der Waals surface area contributed by atoms with E-state index in [2.05, 4.69) is 61.2 Å².